The van der Waals surface area contributed by atoms with Crippen molar-refractivity contribution in [3.8, 4) is 0 Å². The first kappa shape index (κ1) is 11.0. The van der Waals surface area contributed by atoms with Crippen molar-refractivity contribution in [1.29, 1.82) is 0 Å². The first-order valence-electron chi connectivity index (χ1n) is 6.02. The highest BCUT2D eigenvalue weighted by molar-refractivity contribution is 7.09. The van der Waals surface area contributed by atoms with E-state index < -0.39 is 5.60 Å². The van der Waals surface area contributed by atoms with Gasteiger partial charge in [-0.2, -0.15) is 0 Å². The molecule has 0 saturated heterocycles. The van der Waals surface area contributed by atoms with Gasteiger partial charge in [0.05, 0.1) is 10.4 Å². The molecule has 0 aromatic carbocycles. The molecule has 90 valence electrons. The van der Waals surface area contributed by atoms with E-state index in [1.807, 2.05) is 0 Å². The topological polar surface area (TPSA) is 38.1 Å². The van der Waals surface area contributed by atoms with E-state index in [9.17, 15) is 5.11 Å². The van der Waals surface area contributed by atoms with Crippen molar-refractivity contribution in [3.05, 3.63) is 41.1 Å². The first-order chi connectivity index (χ1) is 8.28. The molecule has 17 heavy (non-hydrogen) atoms. The van der Waals surface area contributed by atoms with E-state index in [0.717, 1.165) is 30.6 Å². The van der Waals surface area contributed by atoms with Gasteiger partial charge in [-0.1, -0.05) is 0 Å². The minimum atomic E-state index is -0.634. The molecular weight excluding hydrogens is 232 g/mol. The van der Waals surface area contributed by atoms with Crippen LogP contribution in [0.3, 0.4) is 0 Å². The normalized spacial score (nSPS) is 29.4. The number of rotatable bonds is 2. The SMILES string of the molecule is OC1(c2cncs2)CCC(n2cccc2)CC1. The Kier molecular flexibility index (Phi) is 2.76. The molecule has 1 aliphatic rings. The molecule has 0 radical (unpaired) electrons. The fraction of sp³-hybridized carbons (Fsp3) is 0.462. The maximum absolute atomic E-state index is 10.6. The third kappa shape index (κ3) is 2.03. The van der Waals surface area contributed by atoms with Gasteiger partial charge >= 0.3 is 0 Å². The Balaban J connectivity index is 1.72. The lowest BCUT2D eigenvalue weighted by atomic mass is 9.81. The van der Waals surface area contributed by atoms with E-state index in [4.69, 9.17) is 0 Å². The fourth-order valence-electron chi connectivity index (χ4n) is 2.66. The quantitative estimate of drug-likeness (QED) is 0.887. The predicted octanol–water partition coefficient (Wildman–Crippen LogP) is 2.95. The third-order valence-electron chi connectivity index (χ3n) is 3.72. The van der Waals surface area contributed by atoms with Crippen molar-refractivity contribution < 1.29 is 5.11 Å². The van der Waals surface area contributed by atoms with E-state index in [1.54, 1.807) is 23.0 Å². The summed E-state index contributed by atoms with van der Waals surface area (Å²) in [6.07, 6.45) is 9.76. The Bertz CT molecular complexity index is 456. The van der Waals surface area contributed by atoms with E-state index in [1.165, 1.54) is 0 Å². The zero-order chi connectivity index (χ0) is 11.7. The van der Waals surface area contributed by atoms with Gasteiger partial charge in [-0.15, -0.1) is 11.3 Å². The summed E-state index contributed by atoms with van der Waals surface area (Å²) in [5.41, 5.74) is 1.16. The van der Waals surface area contributed by atoms with Crippen LogP contribution in [0, 0.1) is 0 Å². The Hall–Kier alpha value is -1.13. The average Bonchev–Trinajstić information content (AvgIpc) is 3.04. The molecule has 1 N–H and O–H groups in total. The second-order valence-electron chi connectivity index (χ2n) is 4.76. The van der Waals surface area contributed by atoms with Crippen molar-refractivity contribution in [2.24, 2.45) is 0 Å². The summed E-state index contributed by atoms with van der Waals surface area (Å²) in [6, 6.07) is 4.66. The smallest absolute Gasteiger partial charge is 0.100 e. The van der Waals surface area contributed by atoms with Gasteiger partial charge in [-0.25, -0.2) is 0 Å². The van der Waals surface area contributed by atoms with Crippen molar-refractivity contribution >= 4 is 11.3 Å². The van der Waals surface area contributed by atoms with Crippen molar-refractivity contribution in [2.45, 2.75) is 37.3 Å². The van der Waals surface area contributed by atoms with Crippen LogP contribution in [0.15, 0.2) is 36.2 Å². The number of nitrogens with zero attached hydrogens (tertiary/aromatic N) is 2. The summed E-state index contributed by atoms with van der Waals surface area (Å²) >= 11 is 1.56. The van der Waals surface area contributed by atoms with E-state index in [0.29, 0.717) is 6.04 Å². The molecule has 0 bridgehead atoms. The molecule has 2 aromatic heterocycles. The summed E-state index contributed by atoms with van der Waals surface area (Å²) in [4.78, 5) is 5.08. The van der Waals surface area contributed by atoms with Crippen LogP contribution in [0.25, 0.3) is 0 Å². The van der Waals surface area contributed by atoms with Gasteiger partial charge in [0.25, 0.3) is 0 Å². The Morgan fingerprint density at radius 2 is 2.00 bits per heavy atom. The molecule has 0 aliphatic heterocycles. The van der Waals surface area contributed by atoms with Crippen molar-refractivity contribution in [3.63, 3.8) is 0 Å². The van der Waals surface area contributed by atoms with Gasteiger partial charge in [-0.3, -0.25) is 4.98 Å². The molecule has 1 aliphatic carbocycles. The number of hydrogen-bond acceptors (Lipinski definition) is 3. The van der Waals surface area contributed by atoms with Crippen molar-refractivity contribution in [2.75, 3.05) is 0 Å². The maximum atomic E-state index is 10.6. The second kappa shape index (κ2) is 4.27. The van der Waals surface area contributed by atoms with Gasteiger partial charge in [0.15, 0.2) is 0 Å². The highest BCUT2D eigenvalue weighted by atomic mass is 32.1. The lowest BCUT2D eigenvalue weighted by Gasteiger charge is -2.35. The highest BCUT2D eigenvalue weighted by Crippen LogP contribution is 2.42. The van der Waals surface area contributed by atoms with Crippen LogP contribution in [0.2, 0.25) is 0 Å². The fourth-order valence-corrected chi connectivity index (χ4v) is 3.44. The second-order valence-corrected chi connectivity index (χ2v) is 5.65. The van der Waals surface area contributed by atoms with Gasteiger partial charge < -0.3 is 9.67 Å². The van der Waals surface area contributed by atoms with Gasteiger partial charge in [0.2, 0.25) is 0 Å². The van der Waals surface area contributed by atoms with E-state index in [-0.39, 0.29) is 0 Å². The molecule has 3 nitrogen and oxygen atoms in total. The van der Waals surface area contributed by atoms with Crippen LogP contribution in [-0.2, 0) is 5.60 Å². The first-order valence-corrected chi connectivity index (χ1v) is 6.90. The lowest BCUT2D eigenvalue weighted by Crippen LogP contribution is -2.31. The maximum Gasteiger partial charge on any atom is 0.100 e. The molecule has 2 heterocycles. The van der Waals surface area contributed by atoms with E-state index in [2.05, 4.69) is 34.1 Å². The van der Waals surface area contributed by atoms with Gasteiger partial charge in [0.1, 0.15) is 5.60 Å². The van der Waals surface area contributed by atoms with Crippen LogP contribution in [0.1, 0.15) is 36.6 Å². The molecule has 4 heteroatoms. The van der Waals surface area contributed by atoms with Gasteiger partial charge in [0, 0.05) is 24.6 Å². The van der Waals surface area contributed by atoms with Crippen LogP contribution in [0.5, 0.6) is 0 Å². The molecule has 1 saturated carbocycles. The molecule has 0 amide bonds. The number of aliphatic hydroxyl groups is 1. The van der Waals surface area contributed by atoms with Crippen molar-refractivity contribution in [1.82, 2.24) is 9.55 Å². The van der Waals surface area contributed by atoms with Gasteiger partial charge in [-0.05, 0) is 37.8 Å². The zero-order valence-electron chi connectivity index (χ0n) is 9.62. The summed E-state index contributed by atoms with van der Waals surface area (Å²) in [5, 5.41) is 10.6. The average molecular weight is 248 g/mol. The lowest BCUT2D eigenvalue weighted by molar-refractivity contribution is -0.00917. The van der Waals surface area contributed by atoms with Crippen LogP contribution < -0.4 is 0 Å². The molecule has 1 fully saturated rings. The monoisotopic (exact) mass is 248 g/mol. The van der Waals surface area contributed by atoms with Crippen LogP contribution >= 0.6 is 11.3 Å². The Morgan fingerprint density at radius 1 is 1.29 bits per heavy atom. The molecule has 0 atom stereocenters. The summed E-state index contributed by atoms with van der Waals surface area (Å²) in [5.74, 6) is 0. The highest BCUT2D eigenvalue weighted by Gasteiger charge is 2.36. The summed E-state index contributed by atoms with van der Waals surface area (Å²) in [7, 11) is 0. The zero-order valence-corrected chi connectivity index (χ0v) is 10.4. The largest absolute Gasteiger partial charge is 0.384 e. The molecule has 0 unspecified atom stereocenters. The third-order valence-corrected chi connectivity index (χ3v) is 4.69. The summed E-state index contributed by atoms with van der Waals surface area (Å²) < 4.78 is 2.26. The van der Waals surface area contributed by atoms with Crippen LogP contribution in [0.4, 0.5) is 0 Å². The molecule has 2 aromatic rings. The minimum Gasteiger partial charge on any atom is -0.384 e. The van der Waals surface area contributed by atoms with Crippen LogP contribution in [-0.4, -0.2) is 14.7 Å². The standard InChI is InChI=1S/C13H16N2OS/c16-13(12-9-14-10-17-12)5-3-11(4-6-13)15-7-1-2-8-15/h1-2,7-11,16H,3-6H2. The number of hydrogen-bond donors (Lipinski definition) is 1. The summed E-state index contributed by atoms with van der Waals surface area (Å²) in [6.45, 7) is 0. The molecule has 3 rings (SSSR count). The molecule has 0 spiro atoms. The van der Waals surface area contributed by atoms with E-state index >= 15 is 0 Å². The number of aromatic nitrogens is 2. The Labute approximate surface area is 105 Å². The minimum absolute atomic E-state index is 0.540. The predicted molar refractivity (Wildman–Crippen MR) is 67.9 cm³/mol. The number of thiazole rings is 1. The molecular formula is C13H16N2OS. The Morgan fingerprint density at radius 3 is 2.59 bits per heavy atom.